The average molecular weight is 418 g/mol. The molecule has 0 atom stereocenters. The smallest absolute Gasteiger partial charge is 0.338 e. The van der Waals surface area contributed by atoms with Gasteiger partial charge in [0.25, 0.3) is 5.69 Å². The van der Waals surface area contributed by atoms with Crippen molar-refractivity contribution < 1.29 is 24.0 Å². The van der Waals surface area contributed by atoms with Crippen molar-refractivity contribution in [3.05, 3.63) is 106 Å². The van der Waals surface area contributed by atoms with Gasteiger partial charge < -0.3 is 10.1 Å². The van der Waals surface area contributed by atoms with Crippen LogP contribution in [0.25, 0.3) is 0 Å². The Morgan fingerprint density at radius 2 is 1.45 bits per heavy atom. The Morgan fingerprint density at radius 3 is 2.06 bits per heavy atom. The summed E-state index contributed by atoms with van der Waals surface area (Å²) in [7, 11) is 0. The molecule has 0 saturated heterocycles. The highest BCUT2D eigenvalue weighted by Gasteiger charge is 2.14. The second kappa shape index (κ2) is 9.93. The van der Waals surface area contributed by atoms with E-state index in [1.54, 1.807) is 12.1 Å². The number of benzene rings is 3. The number of hydrogen-bond acceptors (Lipinski definition) is 6. The predicted molar refractivity (Wildman–Crippen MR) is 113 cm³/mol. The van der Waals surface area contributed by atoms with E-state index in [4.69, 9.17) is 4.74 Å². The maximum absolute atomic E-state index is 12.1. The largest absolute Gasteiger partial charge is 0.454 e. The van der Waals surface area contributed by atoms with Crippen LogP contribution in [0, 0.1) is 10.1 Å². The maximum Gasteiger partial charge on any atom is 0.338 e. The van der Waals surface area contributed by atoms with Gasteiger partial charge in [-0.15, -0.1) is 0 Å². The lowest BCUT2D eigenvalue weighted by atomic mass is 10.1. The van der Waals surface area contributed by atoms with Crippen LogP contribution in [0.4, 0.5) is 11.4 Å². The van der Waals surface area contributed by atoms with Gasteiger partial charge in [0.1, 0.15) is 0 Å². The summed E-state index contributed by atoms with van der Waals surface area (Å²) in [6.07, 6.45) is 0.232. The van der Waals surface area contributed by atoms with Gasteiger partial charge >= 0.3 is 5.97 Å². The molecular formula is C23H18N2O6. The van der Waals surface area contributed by atoms with Gasteiger partial charge in [-0.05, 0) is 42.0 Å². The minimum Gasteiger partial charge on any atom is -0.454 e. The zero-order valence-electron chi connectivity index (χ0n) is 16.3. The highest BCUT2D eigenvalue weighted by atomic mass is 16.6. The second-order valence-electron chi connectivity index (χ2n) is 6.59. The van der Waals surface area contributed by atoms with Gasteiger partial charge in [-0.2, -0.15) is 0 Å². The first-order valence-electron chi connectivity index (χ1n) is 9.31. The van der Waals surface area contributed by atoms with E-state index in [0.717, 1.165) is 5.56 Å². The molecular weight excluding hydrogens is 400 g/mol. The molecule has 3 rings (SSSR count). The number of nitro benzene ring substituents is 1. The first kappa shape index (κ1) is 21.4. The number of hydrogen-bond donors (Lipinski definition) is 1. The summed E-state index contributed by atoms with van der Waals surface area (Å²) in [4.78, 5) is 46.4. The third kappa shape index (κ3) is 6.07. The molecule has 1 amide bonds. The van der Waals surface area contributed by atoms with Gasteiger partial charge in [-0.1, -0.05) is 30.3 Å². The number of anilines is 1. The van der Waals surface area contributed by atoms with E-state index in [1.807, 2.05) is 30.3 Å². The van der Waals surface area contributed by atoms with Crippen molar-refractivity contribution in [3.8, 4) is 0 Å². The Balaban J connectivity index is 1.51. The maximum atomic E-state index is 12.1. The van der Waals surface area contributed by atoms with E-state index in [1.165, 1.54) is 36.4 Å². The predicted octanol–water partition coefficient (Wildman–Crippen LogP) is 3.82. The summed E-state index contributed by atoms with van der Waals surface area (Å²) in [6, 6.07) is 20.4. The quantitative estimate of drug-likeness (QED) is 0.257. The molecule has 8 nitrogen and oxygen atoms in total. The molecule has 0 aromatic heterocycles. The Kier molecular flexibility index (Phi) is 6.85. The number of Topliss-reactive ketones (excluding diaryl/α,β-unsaturated/α-hetero) is 1. The van der Waals surface area contributed by atoms with Gasteiger partial charge in [0.2, 0.25) is 5.91 Å². The second-order valence-corrected chi connectivity index (χ2v) is 6.59. The summed E-state index contributed by atoms with van der Waals surface area (Å²) >= 11 is 0. The summed E-state index contributed by atoms with van der Waals surface area (Å²) in [6.45, 7) is -0.494. The van der Waals surface area contributed by atoms with E-state index >= 15 is 0 Å². The number of nitrogens with one attached hydrogen (secondary N) is 1. The Morgan fingerprint density at radius 1 is 0.839 bits per heavy atom. The molecule has 0 fully saturated rings. The van der Waals surface area contributed by atoms with Crippen LogP contribution in [0.2, 0.25) is 0 Å². The molecule has 3 aromatic rings. The Bertz CT molecular complexity index is 1090. The molecule has 0 aliphatic carbocycles. The van der Waals surface area contributed by atoms with Crippen LogP contribution < -0.4 is 5.32 Å². The zero-order valence-corrected chi connectivity index (χ0v) is 16.3. The average Bonchev–Trinajstić information content (AvgIpc) is 2.78. The molecule has 0 aliphatic rings. The van der Waals surface area contributed by atoms with E-state index in [0.29, 0.717) is 5.69 Å². The first-order valence-corrected chi connectivity index (χ1v) is 9.31. The summed E-state index contributed by atoms with van der Waals surface area (Å²) in [5, 5.41) is 13.4. The number of ether oxygens (including phenoxy) is 1. The van der Waals surface area contributed by atoms with E-state index in [-0.39, 0.29) is 29.1 Å². The fourth-order valence-corrected chi connectivity index (χ4v) is 2.74. The van der Waals surface area contributed by atoms with Crippen LogP contribution in [0.1, 0.15) is 26.3 Å². The molecule has 8 heteroatoms. The lowest BCUT2D eigenvalue weighted by molar-refractivity contribution is -0.384. The molecule has 0 radical (unpaired) electrons. The monoisotopic (exact) mass is 418 g/mol. The van der Waals surface area contributed by atoms with Crippen LogP contribution in [-0.4, -0.2) is 29.2 Å². The molecule has 0 unspecified atom stereocenters. The van der Waals surface area contributed by atoms with E-state index in [2.05, 4.69) is 5.32 Å². The fraction of sp³-hybridized carbons (Fsp3) is 0.0870. The van der Waals surface area contributed by atoms with Crippen molar-refractivity contribution >= 4 is 29.0 Å². The van der Waals surface area contributed by atoms with Crippen molar-refractivity contribution in [3.63, 3.8) is 0 Å². The third-order valence-electron chi connectivity index (χ3n) is 4.35. The molecule has 0 bridgehead atoms. The number of rotatable bonds is 8. The molecule has 0 saturated carbocycles. The van der Waals surface area contributed by atoms with Crippen molar-refractivity contribution in [1.29, 1.82) is 0 Å². The van der Waals surface area contributed by atoms with Crippen LogP contribution in [0.3, 0.4) is 0 Å². The third-order valence-corrected chi connectivity index (χ3v) is 4.35. The van der Waals surface area contributed by atoms with Crippen molar-refractivity contribution in [2.75, 3.05) is 11.9 Å². The van der Waals surface area contributed by atoms with Gasteiger partial charge in [0.15, 0.2) is 12.4 Å². The van der Waals surface area contributed by atoms with Crippen molar-refractivity contribution in [2.45, 2.75) is 6.42 Å². The minimum absolute atomic E-state index is 0.135. The van der Waals surface area contributed by atoms with Gasteiger partial charge in [0, 0.05) is 23.4 Å². The molecule has 0 spiro atoms. The van der Waals surface area contributed by atoms with Gasteiger partial charge in [0.05, 0.1) is 16.9 Å². The summed E-state index contributed by atoms with van der Waals surface area (Å²) < 4.78 is 5.01. The van der Waals surface area contributed by atoms with Crippen LogP contribution >= 0.6 is 0 Å². The molecule has 31 heavy (non-hydrogen) atoms. The molecule has 3 aromatic carbocycles. The standard InChI is InChI=1S/C23H18N2O6/c26-21(17-8-12-20(13-9-17)25(29)30)15-31-23(28)18-6-10-19(11-7-18)24-22(27)14-16-4-2-1-3-5-16/h1-13H,14-15H2,(H,24,27). The normalized spacial score (nSPS) is 10.2. The molecule has 0 aliphatic heterocycles. The Hall–Kier alpha value is -4.33. The van der Waals surface area contributed by atoms with Crippen LogP contribution in [-0.2, 0) is 16.0 Å². The highest BCUT2D eigenvalue weighted by molar-refractivity contribution is 5.99. The number of nitrogens with zero attached hydrogens (tertiary/aromatic N) is 1. The number of nitro groups is 1. The van der Waals surface area contributed by atoms with E-state index in [9.17, 15) is 24.5 Å². The molecule has 0 heterocycles. The minimum atomic E-state index is -0.697. The molecule has 156 valence electrons. The van der Waals surface area contributed by atoms with Gasteiger partial charge in [-0.3, -0.25) is 19.7 Å². The summed E-state index contributed by atoms with van der Waals surface area (Å²) in [5.74, 6) is -1.36. The van der Waals surface area contributed by atoms with Crippen LogP contribution in [0.5, 0.6) is 0 Å². The number of ketones is 1. The Labute approximate surface area is 177 Å². The number of carbonyl (C=O) groups is 3. The number of carbonyl (C=O) groups excluding carboxylic acids is 3. The van der Waals surface area contributed by atoms with Gasteiger partial charge in [-0.25, -0.2) is 4.79 Å². The van der Waals surface area contributed by atoms with Crippen LogP contribution in [0.15, 0.2) is 78.9 Å². The molecule has 1 N–H and O–H groups in total. The highest BCUT2D eigenvalue weighted by Crippen LogP contribution is 2.14. The van der Waals surface area contributed by atoms with E-state index < -0.39 is 23.3 Å². The lowest BCUT2D eigenvalue weighted by Gasteiger charge is -2.07. The lowest BCUT2D eigenvalue weighted by Crippen LogP contribution is -2.15. The van der Waals surface area contributed by atoms with Crippen molar-refractivity contribution in [1.82, 2.24) is 0 Å². The first-order chi connectivity index (χ1) is 14.9. The summed E-state index contributed by atoms with van der Waals surface area (Å²) in [5.41, 5.74) is 1.70. The zero-order chi connectivity index (χ0) is 22.2. The van der Waals surface area contributed by atoms with Crippen molar-refractivity contribution in [2.24, 2.45) is 0 Å². The number of non-ortho nitro benzene ring substituents is 1. The number of esters is 1. The number of amides is 1. The SMILES string of the molecule is O=C(Cc1ccccc1)Nc1ccc(C(=O)OCC(=O)c2ccc([N+](=O)[O-])cc2)cc1. The fourth-order valence-electron chi connectivity index (χ4n) is 2.74. The topological polar surface area (TPSA) is 116 Å².